The summed E-state index contributed by atoms with van der Waals surface area (Å²) >= 11 is 5.72. The van der Waals surface area contributed by atoms with E-state index in [2.05, 4.69) is 5.32 Å². The van der Waals surface area contributed by atoms with Crippen LogP contribution in [0.25, 0.3) is 0 Å². The number of nitrogens with one attached hydrogen (secondary N) is 1. The van der Waals surface area contributed by atoms with E-state index < -0.39 is 0 Å². The van der Waals surface area contributed by atoms with Gasteiger partial charge in [0.05, 0.1) is 0 Å². The fourth-order valence-corrected chi connectivity index (χ4v) is 1.32. The van der Waals surface area contributed by atoms with Gasteiger partial charge < -0.3 is 11.1 Å². The van der Waals surface area contributed by atoms with E-state index in [-0.39, 0.29) is 11.9 Å². The van der Waals surface area contributed by atoms with Crippen molar-refractivity contribution in [1.82, 2.24) is 5.32 Å². The summed E-state index contributed by atoms with van der Waals surface area (Å²) in [6.45, 7) is 2.44. The molecule has 1 aromatic rings. The molecule has 0 bridgehead atoms. The largest absolute Gasteiger partial charge is 0.348 e. The van der Waals surface area contributed by atoms with E-state index >= 15 is 0 Å². The maximum Gasteiger partial charge on any atom is 0.251 e. The van der Waals surface area contributed by atoms with Gasteiger partial charge in [-0.05, 0) is 30.7 Å². The first-order valence-corrected chi connectivity index (χ1v) is 5.31. The van der Waals surface area contributed by atoms with Crippen molar-refractivity contribution in [3.05, 3.63) is 34.9 Å². The molecule has 0 spiro atoms. The number of halogens is 1. The first kappa shape index (κ1) is 12.0. The molecule has 1 unspecified atom stereocenters. The van der Waals surface area contributed by atoms with E-state index in [1.165, 1.54) is 0 Å². The molecule has 0 aliphatic rings. The van der Waals surface area contributed by atoms with Gasteiger partial charge in [-0.2, -0.15) is 0 Å². The van der Waals surface area contributed by atoms with Gasteiger partial charge in [-0.15, -0.1) is 0 Å². The predicted molar refractivity (Wildman–Crippen MR) is 62.1 cm³/mol. The third kappa shape index (κ3) is 3.53. The second-order valence-electron chi connectivity index (χ2n) is 3.32. The highest BCUT2D eigenvalue weighted by molar-refractivity contribution is 6.30. The molecular formula is C11H15ClN2O. The van der Waals surface area contributed by atoms with Crippen LogP contribution in [-0.2, 0) is 0 Å². The number of benzene rings is 1. The van der Waals surface area contributed by atoms with Crippen LogP contribution in [0.15, 0.2) is 24.3 Å². The highest BCUT2D eigenvalue weighted by Gasteiger charge is 2.09. The lowest BCUT2D eigenvalue weighted by molar-refractivity contribution is 0.0937. The van der Waals surface area contributed by atoms with Gasteiger partial charge in [0, 0.05) is 23.2 Å². The molecule has 0 heterocycles. The minimum atomic E-state index is -0.107. The van der Waals surface area contributed by atoms with Crippen molar-refractivity contribution in [1.29, 1.82) is 0 Å². The van der Waals surface area contributed by atoms with Crippen LogP contribution < -0.4 is 11.1 Å². The quantitative estimate of drug-likeness (QED) is 0.823. The summed E-state index contributed by atoms with van der Waals surface area (Å²) in [5.74, 6) is -0.107. The summed E-state index contributed by atoms with van der Waals surface area (Å²) in [4.78, 5) is 11.7. The molecule has 1 atom stereocenters. The third-order valence-corrected chi connectivity index (χ3v) is 2.47. The van der Waals surface area contributed by atoms with Gasteiger partial charge in [0.25, 0.3) is 5.91 Å². The average molecular weight is 227 g/mol. The first-order valence-electron chi connectivity index (χ1n) is 4.94. The topological polar surface area (TPSA) is 55.1 Å². The normalized spacial score (nSPS) is 12.2. The van der Waals surface area contributed by atoms with Crippen LogP contribution in [0.3, 0.4) is 0 Å². The number of hydrogen-bond donors (Lipinski definition) is 2. The SMILES string of the molecule is CCC(CN)NC(=O)c1ccc(Cl)cc1. The van der Waals surface area contributed by atoms with Crippen molar-refractivity contribution in [3.63, 3.8) is 0 Å². The Labute approximate surface area is 94.6 Å². The molecule has 0 saturated carbocycles. The number of amides is 1. The molecule has 15 heavy (non-hydrogen) atoms. The molecule has 1 aromatic carbocycles. The first-order chi connectivity index (χ1) is 7.17. The van der Waals surface area contributed by atoms with Gasteiger partial charge in [-0.25, -0.2) is 0 Å². The lowest BCUT2D eigenvalue weighted by Gasteiger charge is -2.14. The van der Waals surface area contributed by atoms with Crippen molar-refractivity contribution in [2.75, 3.05) is 6.54 Å². The second-order valence-corrected chi connectivity index (χ2v) is 3.76. The van der Waals surface area contributed by atoms with E-state index in [9.17, 15) is 4.79 Å². The minimum absolute atomic E-state index is 0.0354. The molecule has 82 valence electrons. The smallest absolute Gasteiger partial charge is 0.251 e. The van der Waals surface area contributed by atoms with Crippen molar-refractivity contribution in [3.8, 4) is 0 Å². The monoisotopic (exact) mass is 226 g/mol. The highest BCUT2D eigenvalue weighted by atomic mass is 35.5. The molecule has 0 saturated heterocycles. The van der Waals surface area contributed by atoms with E-state index in [1.807, 2.05) is 6.92 Å². The Morgan fingerprint density at radius 3 is 2.53 bits per heavy atom. The van der Waals surface area contributed by atoms with Crippen LogP contribution in [0, 0.1) is 0 Å². The molecule has 0 aliphatic heterocycles. The van der Waals surface area contributed by atoms with Crippen molar-refractivity contribution >= 4 is 17.5 Å². The van der Waals surface area contributed by atoms with Gasteiger partial charge in [0.1, 0.15) is 0 Å². The highest BCUT2D eigenvalue weighted by Crippen LogP contribution is 2.09. The molecular weight excluding hydrogens is 212 g/mol. The van der Waals surface area contributed by atoms with Crippen LogP contribution in [-0.4, -0.2) is 18.5 Å². The van der Waals surface area contributed by atoms with Crippen molar-refractivity contribution in [2.45, 2.75) is 19.4 Å². The lowest BCUT2D eigenvalue weighted by Crippen LogP contribution is -2.39. The van der Waals surface area contributed by atoms with Crippen LogP contribution in [0.5, 0.6) is 0 Å². The number of nitrogens with two attached hydrogens (primary N) is 1. The summed E-state index contributed by atoms with van der Waals surface area (Å²) < 4.78 is 0. The Bertz CT molecular complexity index is 320. The Morgan fingerprint density at radius 2 is 2.07 bits per heavy atom. The van der Waals surface area contributed by atoms with E-state index in [0.29, 0.717) is 17.1 Å². The Kier molecular flexibility index (Phi) is 4.59. The minimum Gasteiger partial charge on any atom is -0.348 e. The Morgan fingerprint density at radius 1 is 1.47 bits per heavy atom. The van der Waals surface area contributed by atoms with Crippen LogP contribution >= 0.6 is 11.6 Å². The van der Waals surface area contributed by atoms with E-state index in [4.69, 9.17) is 17.3 Å². The lowest BCUT2D eigenvalue weighted by atomic mass is 10.1. The zero-order valence-electron chi connectivity index (χ0n) is 8.66. The van der Waals surface area contributed by atoms with Gasteiger partial charge in [0.15, 0.2) is 0 Å². The summed E-state index contributed by atoms with van der Waals surface area (Å²) in [5.41, 5.74) is 6.10. The van der Waals surface area contributed by atoms with Crippen LogP contribution in [0.1, 0.15) is 23.7 Å². The maximum atomic E-state index is 11.7. The zero-order valence-corrected chi connectivity index (χ0v) is 9.42. The molecule has 3 nitrogen and oxygen atoms in total. The van der Waals surface area contributed by atoms with E-state index in [0.717, 1.165) is 6.42 Å². The zero-order chi connectivity index (χ0) is 11.3. The van der Waals surface area contributed by atoms with Crippen LogP contribution in [0.4, 0.5) is 0 Å². The Balaban J connectivity index is 2.64. The summed E-state index contributed by atoms with van der Waals surface area (Å²) in [6.07, 6.45) is 0.829. The second kappa shape index (κ2) is 5.73. The Hall–Kier alpha value is -1.06. The number of rotatable bonds is 4. The summed E-state index contributed by atoms with van der Waals surface area (Å²) in [7, 11) is 0. The summed E-state index contributed by atoms with van der Waals surface area (Å²) in [5, 5.41) is 3.47. The molecule has 3 N–H and O–H groups in total. The van der Waals surface area contributed by atoms with Crippen molar-refractivity contribution in [2.24, 2.45) is 5.73 Å². The van der Waals surface area contributed by atoms with E-state index in [1.54, 1.807) is 24.3 Å². The van der Waals surface area contributed by atoms with Crippen molar-refractivity contribution < 1.29 is 4.79 Å². The molecule has 1 rings (SSSR count). The fourth-order valence-electron chi connectivity index (χ4n) is 1.20. The van der Waals surface area contributed by atoms with Gasteiger partial charge in [-0.1, -0.05) is 18.5 Å². The van der Waals surface area contributed by atoms with Gasteiger partial charge in [0.2, 0.25) is 0 Å². The predicted octanol–water partition coefficient (Wildman–Crippen LogP) is 1.81. The standard InChI is InChI=1S/C11H15ClN2O/c1-2-10(7-13)14-11(15)8-3-5-9(12)6-4-8/h3-6,10H,2,7,13H2,1H3,(H,14,15). The van der Waals surface area contributed by atoms with Crippen LogP contribution in [0.2, 0.25) is 5.02 Å². The molecule has 4 heteroatoms. The summed E-state index contributed by atoms with van der Waals surface area (Å²) in [6, 6.07) is 6.81. The molecule has 0 aliphatic carbocycles. The molecule has 0 radical (unpaired) electrons. The average Bonchev–Trinajstić information content (AvgIpc) is 2.26. The molecule has 0 fully saturated rings. The number of carbonyl (C=O) groups is 1. The number of carbonyl (C=O) groups excluding carboxylic acids is 1. The van der Waals surface area contributed by atoms with Gasteiger partial charge in [-0.3, -0.25) is 4.79 Å². The molecule has 0 aromatic heterocycles. The third-order valence-electron chi connectivity index (χ3n) is 2.22. The molecule has 1 amide bonds. The fraction of sp³-hybridized carbons (Fsp3) is 0.364. The van der Waals surface area contributed by atoms with Gasteiger partial charge >= 0.3 is 0 Å². The maximum absolute atomic E-state index is 11.7. The number of hydrogen-bond acceptors (Lipinski definition) is 2.